The Labute approximate surface area is 127 Å². The van der Waals surface area contributed by atoms with Crippen LogP contribution in [0.25, 0.3) is 0 Å². The van der Waals surface area contributed by atoms with Crippen molar-refractivity contribution in [2.45, 2.75) is 62.8 Å². The molecule has 1 aliphatic carbocycles. The Morgan fingerprint density at radius 1 is 1.10 bits per heavy atom. The maximum atomic E-state index is 10.5. The van der Waals surface area contributed by atoms with E-state index in [1.165, 1.54) is 5.56 Å². The molecule has 0 radical (unpaired) electrons. The van der Waals surface area contributed by atoms with Crippen molar-refractivity contribution in [1.82, 2.24) is 4.90 Å². The standard InChI is InChI=1S/C18H27NO2/c1-13-16(10-11-21-13)19(2)17-12-15(8-9-18(17)20)14-6-4-3-5-7-14/h3-7,13,15-18,20H,8-12H2,1-2H3. The van der Waals surface area contributed by atoms with Gasteiger partial charge in [0.05, 0.1) is 12.2 Å². The Balaban J connectivity index is 1.71. The number of nitrogens with zero attached hydrogens (tertiary/aromatic N) is 1. The van der Waals surface area contributed by atoms with Crippen LogP contribution in [0.15, 0.2) is 30.3 Å². The van der Waals surface area contributed by atoms with Gasteiger partial charge in [-0.05, 0) is 51.1 Å². The molecular formula is C18H27NO2. The molecule has 2 aliphatic rings. The summed E-state index contributed by atoms with van der Waals surface area (Å²) in [5.74, 6) is 0.569. The lowest BCUT2D eigenvalue weighted by Crippen LogP contribution is -2.51. The van der Waals surface area contributed by atoms with E-state index in [2.05, 4.69) is 49.2 Å². The Morgan fingerprint density at radius 2 is 1.86 bits per heavy atom. The van der Waals surface area contributed by atoms with Gasteiger partial charge in [0.2, 0.25) is 0 Å². The Kier molecular flexibility index (Phi) is 4.63. The van der Waals surface area contributed by atoms with Gasteiger partial charge in [0.15, 0.2) is 0 Å². The molecule has 1 aliphatic heterocycles. The maximum Gasteiger partial charge on any atom is 0.0703 e. The summed E-state index contributed by atoms with van der Waals surface area (Å²) in [7, 11) is 2.16. The van der Waals surface area contributed by atoms with Gasteiger partial charge < -0.3 is 9.84 Å². The molecular weight excluding hydrogens is 262 g/mol. The number of ether oxygens (including phenoxy) is 1. The van der Waals surface area contributed by atoms with E-state index in [4.69, 9.17) is 4.74 Å². The molecule has 1 aromatic carbocycles. The number of likely N-dealkylation sites (N-methyl/N-ethyl adjacent to an activating group) is 1. The third-order valence-corrected chi connectivity index (χ3v) is 5.43. The molecule has 0 aromatic heterocycles. The summed E-state index contributed by atoms with van der Waals surface area (Å²) in [6, 6.07) is 11.4. The quantitative estimate of drug-likeness (QED) is 0.929. The zero-order valence-electron chi connectivity index (χ0n) is 13.1. The summed E-state index contributed by atoms with van der Waals surface area (Å²) in [5.41, 5.74) is 1.42. The molecule has 0 bridgehead atoms. The molecule has 3 heteroatoms. The largest absolute Gasteiger partial charge is 0.391 e. The van der Waals surface area contributed by atoms with Crippen LogP contribution in [0.3, 0.4) is 0 Å². The Hall–Kier alpha value is -0.900. The highest BCUT2D eigenvalue weighted by molar-refractivity contribution is 5.20. The number of rotatable bonds is 3. The van der Waals surface area contributed by atoms with Crippen LogP contribution in [0.4, 0.5) is 0 Å². The summed E-state index contributed by atoms with van der Waals surface area (Å²) in [6.45, 7) is 3.00. The molecule has 3 rings (SSSR count). The van der Waals surface area contributed by atoms with E-state index >= 15 is 0 Å². The number of hydrogen-bond donors (Lipinski definition) is 1. The van der Waals surface area contributed by atoms with Crippen LogP contribution < -0.4 is 0 Å². The fraction of sp³-hybridized carbons (Fsp3) is 0.667. The molecule has 1 saturated heterocycles. The highest BCUT2D eigenvalue weighted by atomic mass is 16.5. The molecule has 1 aromatic rings. The van der Waals surface area contributed by atoms with Gasteiger partial charge in [-0.3, -0.25) is 4.90 Å². The van der Waals surface area contributed by atoms with Crippen molar-refractivity contribution in [2.24, 2.45) is 0 Å². The smallest absolute Gasteiger partial charge is 0.0703 e. The normalized spacial score (nSPS) is 37.0. The fourth-order valence-corrected chi connectivity index (χ4v) is 4.10. The van der Waals surface area contributed by atoms with Gasteiger partial charge in [0.1, 0.15) is 0 Å². The van der Waals surface area contributed by atoms with Crippen LogP contribution in [-0.4, -0.2) is 48.0 Å². The Bertz CT molecular complexity index is 450. The summed E-state index contributed by atoms with van der Waals surface area (Å²) < 4.78 is 5.70. The first-order valence-electron chi connectivity index (χ1n) is 8.23. The third-order valence-electron chi connectivity index (χ3n) is 5.43. The lowest BCUT2D eigenvalue weighted by atomic mass is 9.79. The second kappa shape index (κ2) is 6.47. The number of aliphatic hydroxyl groups is 1. The van der Waals surface area contributed by atoms with E-state index in [-0.39, 0.29) is 18.2 Å². The van der Waals surface area contributed by atoms with Gasteiger partial charge >= 0.3 is 0 Å². The van der Waals surface area contributed by atoms with Gasteiger partial charge in [-0.1, -0.05) is 30.3 Å². The highest BCUT2D eigenvalue weighted by Crippen LogP contribution is 2.36. The van der Waals surface area contributed by atoms with E-state index in [1.807, 2.05) is 0 Å². The van der Waals surface area contributed by atoms with Crippen molar-refractivity contribution in [1.29, 1.82) is 0 Å². The third kappa shape index (κ3) is 3.15. The molecule has 5 atom stereocenters. The number of benzene rings is 1. The second-order valence-electron chi connectivity index (χ2n) is 6.65. The molecule has 5 unspecified atom stereocenters. The zero-order valence-corrected chi connectivity index (χ0v) is 13.1. The monoisotopic (exact) mass is 289 g/mol. The first kappa shape index (κ1) is 15.0. The predicted molar refractivity (Wildman–Crippen MR) is 84.4 cm³/mol. The van der Waals surface area contributed by atoms with Crippen LogP contribution in [0.2, 0.25) is 0 Å². The van der Waals surface area contributed by atoms with E-state index in [9.17, 15) is 5.11 Å². The molecule has 0 amide bonds. The van der Waals surface area contributed by atoms with Crippen molar-refractivity contribution in [3.8, 4) is 0 Å². The van der Waals surface area contributed by atoms with Crippen molar-refractivity contribution < 1.29 is 9.84 Å². The SMILES string of the molecule is CC1OCCC1N(C)C1CC(c2ccccc2)CCC1O. The Morgan fingerprint density at radius 3 is 2.52 bits per heavy atom. The molecule has 1 saturated carbocycles. The van der Waals surface area contributed by atoms with E-state index < -0.39 is 0 Å². The minimum absolute atomic E-state index is 0.206. The van der Waals surface area contributed by atoms with Crippen LogP contribution in [-0.2, 0) is 4.74 Å². The van der Waals surface area contributed by atoms with E-state index in [0.29, 0.717) is 12.0 Å². The summed E-state index contributed by atoms with van der Waals surface area (Å²) in [6.07, 6.45) is 4.19. The summed E-state index contributed by atoms with van der Waals surface area (Å²) in [4.78, 5) is 2.39. The van der Waals surface area contributed by atoms with Crippen LogP contribution in [0.1, 0.15) is 44.1 Å². The van der Waals surface area contributed by atoms with Gasteiger partial charge in [0, 0.05) is 18.7 Å². The molecule has 3 nitrogen and oxygen atoms in total. The fourth-order valence-electron chi connectivity index (χ4n) is 4.10. The molecule has 2 fully saturated rings. The van der Waals surface area contributed by atoms with Crippen molar-refractivity contribution in [2.75, 3.05) is 13.7 Å². The first-order chi connectivity index (χ1) is 10.2. The minimum atomic E-state index is -0.206. The van der Waals surface area contributed by atoms with Gasteiger partial charge in [-0.2, -0.15) is 0 Å². The van der Waals surface area contributed by atoms with E-state index in [0.717, 1.165) is 32.3 Å². The highest BCUT2D eigenvalue weighted by Gasteiger charge is 2.38. The first-order valence-corrected chi connectivity index (χ1v) is 8.23. The summed E-state index contributed by atoms with van der Waals surface area (Å²) in [5, 5.41) is 10.5. The average molecular weight is 289 g/mol. The number of aliphatic hydroxyl groups excluding tert-OH is 1. The second-order valence-corrected chi connectivity index (χ2v) is 6.65. The van der Waals surface area contributed by atoms with Crippen LogP contribution in [0, 0.1) is 0 Å². The zero-order chi connectivity index (χ0) is 14.8. The molecule has 116 valence electrons. The topological polar surface area (TPSA) is 32.7 Å². The van der Waals surface area contributed by atoms with E-state index in [1.54, 1.807) is 0 Å². The molecule has 1 heterocycles. The predicted octanol–water partition coefficient (Wildman–Crippen LogP) is 2.79. The van der Waals surface area contributed by atoms with Crippen molar-refractivity contribution >= 4 is 0 Å². The minimum Gasteiger partial charge on any atom is -0.391 e. The van der Waals surface area contributed by atoms with Crippen molar-refractivity contribution in [3.05, 3.63) is 35.9 Å². The average Bonchev–Trinajstić information content (AvgIpc) is 2.94. The molecule has 1 N–H and O–H groups in total. The molecule has 0 spiro atoms. The summed E-state index contributed by atoms with van der Waals surface area (Å²) >= 11 is 0. The maximum absolute atomic E-state index is 10.5. The lowest BCUT2D eigenvalue weighted by Gasteiger charge is -2.42. The molecule has 21 heavy (non-hydrogen) atoms. The van der Waals surface area contributed by atoms with Gasteiger partial charge in [-0.15, -0.1) is 0 Å². The van der Waals surface area contributed by atoms with Gasteiger partial charge in [-0.25, -0.2) is 0 Å². The van der Waals surface area contributed by atoms with Crippen LogP contribution in [0.5, 0.6) is 0 Å². The van der Waals surface area contributed by atoms with Crippen LogP contribution >= 0.6 is 0 Å². The van der Waals surface area contributed by atoms with Gasteiger partial charge in [0.25, 0.3) is 0 Å². The lowest BCUT2D eigenvalue weighted by molar-refractivity contribution is -0.00958. The van der Waals surface area contributed by atoms with Crippen molar-refractivity contribution in [3.63, 3.8) is 0 Å². The number of hydrogen-bond acceptors (Lipinski definition) is 3.